The standard InChI is InChI=1S/C25H27FN4O3/c1-32-21-8-5-19(23(15-21)33-2)16-27-25(31)18-11-13-30(14-12-18)24-10-9-22(28-29-24)17-3-6-20(26)7-4-17/h3-10,15,18H,11-14,16H2,1-2H3,(H,27,31). The summed E-state index contributed by atoms with van der Waals surface area (Å²) in [6, 6.07) is 15.5. The van der Waals surface area contributed by atoms with Crippen LogP contribution in [0.15, 0.2) is 54.6 Å². The van der Waals surface area contributed by atoms with Crippen molar-refractivity contribution in [3.63, 3.8) is 0 Å². The molecule has 1 amide bonds. The number of benzene rings is 2. The van der Waals surface area contributed by atoms with Gasteiger partial charge in [-0.2, -0.15) is 0 Å². The molecule has 0 bridgehead atoms. The Bertz CT molecular complexity index is 1080. The van der Waals surface area contributed by atoms with Crippen molar-refractivity contribution >= 4 is 11.7 Å². The summed E-state index contributed by atoms with van der Waals surface area (Å²) in [6.07, 6.45) is 1.49. The number of hydrogen-bond acceptors (Lipinski definition) is 6. The SMILES string of the molecule is COc1ccc(CNC(=O)C2CCN(c3ccc(-c4ccc(F)cc4)nn3)CC2)c(OC)c1. The highest BCUT2D eigenvalue weighted by Gasteiger charge is 2.26. The van der Waals surface area contributed by atoms with Crippen molar-refractivity contribution in [2.45, 2.75) is 19.4 Å². The lowest BCUT2D eigenvalue weighted by Gasteiger charge is -2.31. The third-order valence-electron chi connectivity index (χ3n) is 5.93. The number of nitrogens with one attached hydrogen (secondary N) is 1. The number of carbonyl (C=O) groups excluding carboxylic acids is 1. The average molecular weight is 451 g/mol. The van der Waals surface area contributed by atoms with Gasteiger partial charge in [-0.25, -0.2) is 4.39 Å². The molecule has 3 aromatic rings. The van der Waals surface area contributed by atoms with Crippen LogP contribution in [-0.4, -0.2) is 43.4 Å². The molecule has 0 spiro atoms. The minimum Gasteiger partial charge on any atom is -0.497 e. The molecular weight excluding hydrogens is 423 g/mol. The van der Waals surface area contributed by atoms with E-state index < -0.39 is 0 Å². The number of piperidine rings is 1. The largest absolute Gasteiger partial charge is 0.497 e. The molecule has 0 atom stereocenters. The molecule has 4 rings (SSSR count). The highest BCUT2D eigenvalue weighted by Crippen LogP contribution is 2.26. The zero-order chi connectivity index (χ0) is 23.2. The third kappa shape index (κ3) is 5.39. The van der Waals surface area contributed by atoms with Gasteiger partial charge in [0.2, 0.25) is 5.91 Å². The van der Waals surface area contributed by atoms with E-state index in [1.807, 2.05) is 30.3 Å². The molecule has 0 radical (unpaired) electrons. The number of anilines is 1. The molecule has 1 fully saturated rings. The van der Waals surface area contributed by atoms with Crippen LogP contribution in [0.3, 0.4) is 0 Å². The Morgan fingerprint density at radius 2 is 1.79 bits per heavy atom. The van der Waals surface area contributed by atoms with E-state index in [-0.39, 0.29) is 17.6 Å². The number of aromatic nitrogens is 2. The third-order valence-corrected chi connectivity index (χ3v) is 5.93. The predicted molar refractivity (Wildman–Crippen MR) is 124 cm³/mol. The van der Waals surface area contributed by atoms with Gasteiger partial charge < -0.3 is 19.7 Å². The van der Waals surface area contributed by atoms with Gasteiger partial charge in [0.15, 0.2) is 5.82 Å². The maximum absolute atomic E-state index is 13.1. The van der Waals surface area contributed by atoms with Gasteiger partial charge in [0.1, 0.15) is 17.3 Å². The zero-order valence-corrected chi connectivity index (χ0v) is 18.8. The highest BCUT2D eigenvalue weighted by molar-refractivity contribution is 5.79. The van der Waals surface area contributed by atoms with Crippen LogP contribution in [0.2, 0.25) is 0 Å². The van der Waals surface area contributed by atoms with Gasteiger partial charge in [-0.05, 0) is 61.4 Å². The second-order valence-electron chi connectivity index (χ2n) is 7.94. The first-order chi connectivity index (χ1) is 16.1. The minimum absolute atomic E-state index is 0.0445. The number of hydrogen-bond donors (Lipinski definition) is 1. The van der Waals surface area contributed by atoms with Crippen LogP contribution in [0.5, 0.6) is 11.5 Å². The molecule has 8 heteroatoms. The van der Waals surface area contributed by atoms with Crippen molar-refractivity contribution in [2.24, 2.45) is 5.92 Å². The predicted octanol–water partition coefficient (Wildman–Crippen LogP) is 3.83. The molecule has 172 valence electrons. The molecule has 7 nitrogen and oxygen atoms in total. The molecule has 2 heterocycles. The number of carbonyl (C=O) groups is 1. The van der Waals surface area contributed by atoms with Gasteiger partial charge in [0.25, 0.3) is 0 Å². The number of rotatable bonds is 7. The lowest BCUT2D eigenvalue weighted by molar-refractivity contribution is -0.125. The topological polar surface area (TPSA) is 76.6 Å². The Kier molecular flexibility index (Phi) is 7.02. The molecule has 2 aromatic carbocycles. The molecule has 1 aliphatic rings. The Morgan fingerprint density at radius 3 is 2.42 bits per heavy atom. The molecular formula is C25H27FN4O3. The normalized spacial score (nSPS) is 14.1. The van der Waals surface area contributed by atoms with E-state index >= 15 is 0 Å². The molecule has 1 aliphatic heterocycles. The summed E-state index contributed by atoms with van der Waals surface area (Å²) < 4.78 is 23.7. The summed E-state index contributed by atoms with van der Waals surface area (Å²) in [4.78, 5) is 14.8. The molecule has 0 saturated carbocycles. The van der Waals surface area contributed by atoms with Crippen molar-refractivity contribution in [2.75, 3.05) is 32.2 Å². The van der Waals surface area contributed by atoms with Gasteiger partial charge in [0.05, 0.1) is 19.9 Å². The fourth-order valence-electron chi connectivity index (χ4n) is 3.96. The summed E-state index contributed by atoms with van der Waals surface area (Å²) >= 11 is 0. The Morgan fingerprint density at radius 1 is 1.03 bits per heavy atom. The maximum Gasteiger partial charge on any atom is 0.223 e. The van der Waals surface area contributed by atoms with Crippen molar-refractivity contribution in [3.8, 4) is 22.8 Å². The van der Waals surface area contributed by atoms with Crippen molar-refractivity contribution in [1.82, 2.24) is 15.5 Å². The summed E-state index contributed by atoms with van der Waals surface area (Å²) in [5.41, 5.74) is 2.42. The molecule has 0 aliphatic carbocycles. The van der Waals surface area contributed by atoms with Gasteiger partial charge in [0, 0.05) is 42.7 Å². The fourth-order valence-corrected chi connectivity index (χ4v) is 3.96. The first-order valence-electron chi connectivity index (χ1n) is 10.9. The van der Waals surface area contributed by atoms with Crippen LogP contribution in [-0.2, 0) is 11.3 Å². The maximum atomic E-state index is 13.1. The van der Waals surface area contributed by atoms with Crippen LogP contribution in [0.4, 0.5) is 10.2 Å². The number of nitrogens with zero attached hydrogens (tertiary/aromatic N) is 3. The van der Waals surface area contributed by atoms with Crippen LogP contribution in [0.1, 0.15) is 18.4 Å². The number of methoxy groups -OCH3 is 2. The molecule has 33 heavy (non-hydrogen) atoms. The summed E-state index contributed by atoms with van der Waals surface area (Å²) in [6.45, 7) is 1.87. The lowest BCUT2D eigenvalue weighted by Crippen LogP contribution is -2.40. The van der Waals surface area contributed by atoms with Crippen molar-refractivity contribution < 1.29 is 18.7 Å². The monoisotopic (exact) mass is 450 g/mol. The molecule has 0 unspecified atom stereocenters. The van der Waals surface area contributed by atoms with Gasteiger partial charge in [-0.15, -0.1) is 10.2 Å². The quantitative estimate of drug-likeness (QED) is 0.590. The number of ether oxygens (including phenoxy) is 2. The lowest BCUT2D eigenvalue weighted by atomic mass is 9.95. The van der Waals surface area contributed by atoms with E-state index in [4.69, 9.17) is 9.47 Å². The van der Waals surface area contributed by atoms with E-state index in [1.54, 1.807) is 26.4 Å². The Hall–Kier alpha value is -3.68. The van der Waals surface area contributed by atoms with Gasteiger partial charge in [-0.1, -0.05) is 0 Å². The van der Waals surface area contributed by atoms with Crippen LogP contribution < -0.4 is 19.7 Å². The Labute approximate surface area is 192 Å². The molecule has 1 N–H and O–H groups in total. The van der Waals surface area contributed by atoms with Crippen molar-refractivity contribution in [3.05, 3.63) is 66.0 Å². The van der Waals surface area contributed by atoms with E-state index in [1.165, 1.54) is 12.1 Å². The number of halogens is 1. The summed E-state index contributed by atoms with van der Waals surface area (Å²) in [5.74, 6) is 1.90. The fraction of sp³-hybridized carbons (Fsp3) is 0.320. The summed E-state index contributed by atoms with van der Waals surface area (Å²) in [7, 11) is 3.21. The average Bonchev–Trinajstić information content (AvgIpc) is 2.88. The molecule has 1 aromatic heterocycles. The van der Waals surface area contributed by atoms with Crippen molar-refractivity contribution in [1.29, 1.82) is 0 Å². The smallest absolute Gasteiger partial charge is 0.223 e. The van der Waals surface area contributed by atoms with E-state index in [0.717, 1.165) is 42.9 Å². The van der Waals surface area contributed by atoms with E-state index in [9.17, 15) is 9.18 Å². The first kappa shape index (κ1) is 22.5. The first-order valence-corrected chi connectivity index (χ1v) is 10.9. The van der Waals surface area contributed by atoms with Crippen LogP contribution in [0.25, 0.3) is 11.3 Å². The van der Waals surface area contributed by atoms with E-state index in [0.29, 0.717) is 23.7 Å². The highest BCUT2D eigenvalue weighted by atomic mass is 19.1. The van der Waals surface area contributed by atoms with Crippen LogP contribution >= 0.6 is 0 Å². The van der Waals surface area contributed by atoms with Crippen LogP contribution in [0, 0.1) is 11.7 Å². The Balaban J connectivity index is 1.29. The second-order valence-corrected chi connectivity index (χ2v) is 7.94. The minimum atomic E-state index is -0.279. The van der Waals surface area contributed by atoms with Gasteiger partial charge >= 0.3 is 0 Å². The second kappa shape index (κ2) is 10.3. The van der Waals surface area contributed by atoms with Gasteiger partial charge in [-0.3, -0.25) is 4.79 Å². The molecule has 1 saturated heterocycles. The van der Waals surface area contributed by atoms with E-state index in [2.05, 4.69) is 20.4 Å². The summed E-state index contributed by atoms with van der Waals surface area (Å²) in [5, 5.41) is 11.7. The number of amides is 1. The zero-order valence-electron chi connectivity index (χ0n) is 18.8.